The van der Waals surface area contributed by atoms with Crippen molar-refractivity contribution in [3.63, 3.8) is 0 Å². The number of hydrogen-bond donors (Lipinski definition) is 3. The molecule has 0 radical (unpaired) electrons. The van der Waals surface area contributed by atoms with Crippen molar-refractivity contribution < 1.29 is 56.0 Å². The van der Waals surface area contributed by atoms with Crippen molar-refractivity contribution in [3.05, 3.63) is 76.8 Å². The maximum Gasteiger partial charge on any atom is 0.459 e. The van der Waals surface area contributed by atoms with E-state index >= 15 is 8.78 Å². The lowest BCUT2D eigenvalue weighted by Gasteiger charge is -2.25. The minimum Gasteiger partial charge on any atom is -0.462 e. The molecule has 0 spiro atoms. The normalized spacial score (nSPS) is 21.6. The van der Waals surface area contributed by atoms with Gasteiger partial charge in [-0.1, -0.05) is 18.2 Å². The smallest absolute Gasteiger partial charge is 0.459 e. The Hall–Kier alpha value is -4.41. The van der Waals surface area contributed by atoms with Crippen LogP contribution in [-0.4, -0.2) is 70.2 Å². The Labute approximate surface area is 266 Å². The number of aliphatic hydroxyl groups is 1. The molecule has 3 heterocycles. The van der Waals surface area contributed by atoms with Gasteiger partial charge in [-0.3, -0.25) is 18.7 Å². The van der Waals surface area contributed by atoms with Crippen molar-refractivity contribution in [1.29, 1.82) is 0 Å². The second kappa shape index (κ2) is 13.8. The van der Waals surface area contributed by atoms with E-state index < -0.39 is 68.4 Å². The number of halogens is 2. The molecule has 1 fully saturated rings. The number of carbonyl (C=O) groups is 2. The van der Waals surface area contributed by atoms with Gasteiger partial charge in [0.2, 0.25) is 13.0 Å². The van der Waals surface area contributed by atoms with E-state index in [0.29, 0.717) is 16.1 Å². The molecule has 3 N–H and O–H groups in total. The summed E-state index contributed by atoms with van der Waals surface area (Å²) in [6.45, 7) is 3.65. The lowest BCUT2D eigenvalue weighted by molar-refractivity contribution is -0.149. The summed E-state index contributed by atoms with van der Waals surface area (Å²) in [5.74, 6) is -4.88. The van der Waals surface area contributed by atoms with Crippen molar-refractivity contribution >= 4 is 25.4 Å². The van der Waals surface area contributed by atoms with Crippen molar-refractivity contribution in [2.75, 3.05) is 18.7 Å². The van der Waals surface area contributed by atoms with Gasteiger partial charge >= 0.3 is 25.3 Å². The molecule has 5 atom stereocenters. The maximum absolute atomic E-state index is 15.3. The first-order valence-corrected chi connectivity index (χ1v) is 15.8. The molecule has 2 aromatic carbocycles. The van der Waals surface area contributed by atoms with Gasteiger partial charge in [-0.15, -0.1) is 0 Å². The number of esters is 1. The molecule has 18 heteroatoms. The molecule has 2 aliphatic rings. The minimum absolute atomic E-state index is 0.00148. The molecule has 0 aliphatic carbocycles. The SMILES string of the molecule is CC(C)OC(=O)[C@@H](C)NP(=O)(OC[C@H]1OC(n2ccc(NC(=O)c3ccc4c(c3)OCO4)nc2=O)C(F)(F)[C@@H]1O)Oc1ccccc1. The van der Waals surface area contributed by atoms with Crippen LogP contribution in [0, 0.1) is 0 Å². The van der Waals surface area contributed by atoms with Crippen LogP contribution in [0.2, 0.25) is 0 Å². The minimum atomic E-state index is -4.49. The summed E-state index contributed by atoms with van der Waals surface area (Å²) in [4.78, 5) is 41.5. The third kappa shape index (κ3) is 7.77. The van der Waals surface area contributed by atoms with E-state index in [1.165, 1.54) is 37.3 Å². The average Bonchev–Trinajstić information content (AvgIpc) is 3.57. The summed E-state index contributed by atoms with van der Waals surface area (Å²) in [5, 5.41) is 15.3. The molecule has 1 amide bonds. The second-order valence-electron chi connectivity index (χ2n) is 10.7. The van der Waals surface area contributed by atoms with Gasteiger partial charge in [-0.05, 0) is 57.2 Å². The highest BCUT2D eigenvalue weighted by molar-refractivity contribution is 7.52. The van der Waals surface area contributed by atoms with Crippen LogP contribution in [0.4, 0.5) is 14.6 Å². The molecule has 3 aromatic rings. The Morgan fingerprint density at radius 2 is 1.85 bits per heavy atom. The standard InChI is InChI=1S/C29H31F2N4O11P/c1-16(2)44-26(38)17(3)34-47(40,46-19-7-5-4-6-8-19)43-14-22-24(36)29(30,31)27(45-22)35-12-11-23(33-28(35)39)32-25(37)18-9-10-20-21(13-18)42-15-41-20/h4-13,16-17,22,24,27,36H,14-15H2,1-3H3,(H,34,40)(H,32,33,37,39)/t17-,22-,24-,27?,47?/m1/s1. The number of hydrogen-bond acceptors (Lipinski definition) is 12. The lowest BCUT2D eigenvalue weighted by atomic mass is 10.1. The topological polar surface area (TPSA) is 186 Å². The van der Waals surface area contributed by atoms with Crippen LogP contribution < -0.4 is 30.1 Å². The highest BCUT2D eigenvalue weighted by Gasteiger charge is 2.60. The van der Waals surface area contributed by atoms with Crippen molar-refractivity contribution in [2.45, 2.75) is 57.3 Å². The summed E-state index contributed by atoms with van der Waals surface area (Å²) in [5.41, 5.74) is -1.07. The fraction of sp³-hybridized carbons (Fsp3) is 0.379. The van der Waals surface area contributed by atoms with E-state index in [9.17, 15) is 24.1 Å². The van der Waals surface area contributed by atoms with Gasteiger partial charge in [0.05, 0.1) is 12.7 Å². The third-order valence-corrected chi connectivity index (χ3v) is 8.42. The highest BCUT2D eigenvalue weighted by atomic mass is 31.2. The predicted molar refractivity (Wildman–Crippen MR) is 158 cm³/mol. The molecule has 1 aromatic heterocycles. The zero-order valence-corrected chi connectivity index (χ0v) is 26.1. The van der Waals surface area contributed by atoms with E-state index in [0.717, 1.165) is 12.3 Å². The zero-order chi connectivity index (χ0) is 33.9. The van der Waals surface area contributed by atoms with Gasteiger partial charge < -0.3 is 33.9 Å². The third-order valence-electron chi connectivity index (χ3n) is 6.77. The highest BCUT2D eigenvalue weighted by Crippen LogP contribution is 2.48. The molecule has 2 aliphatic heterocycles. The Kier molecular flexibility index (Phi) is 9.93. The molecule has 5 rings (SSSR count). The first-order valence-electron chi connectivity index (χ1n) is 14.2. The Morgan fingerprint density at radius 1 is 1.13 bits per heavy atom. The Morgan fingerprint density at radius 3 is 2.55 bits per heavy atom. The quantitative estimate of drug-likeness (QED) is 0.187. The molecule has 15 nitrogen and oxygen atoms in total. The van der Waals surface area contributed by atoms with E-state index in [-0.39, 0.29) is 23.9 Å². The number of nitrogens with zero attached hydrogens (tertiary/aromatic N) is 2. The number of rotatable bonds is 12. The summed E-state index contributed by atoms with van der Waals surface area (Å²) in [6, 6.07) is 12.0. The fourth-order valence-electron chi connectivity index (χ4n) is 4.50. The number of amides is 1. The number of aromatic nitrogens is 2. The molecule has 47 heavy (non-hydrogen) atoms. The van der Waals surface area contributed by atoms with Crippen molar-refractivity contribution in [3.8, 4) is 17.2 Å². The molecule has 0 saturated carbocycles. The van der Waals surface area contributed by atoms with Gasteiger partial charge in [0.1, 0.15) is 23.7 Å². The first kappa shape index (κ1) is 33.9. The van der Waals surface area contributed by atoms with Crippen LogP contribution in [0.25, 0.3) is 0 Å². The van der Waals surface area contributed by atoms with Gasteiger partial charge in [0.25, 0.3) is 5.91 Å². The number of para-hydroxylation sites is 1. The molecule has 0 bridgehead atoms. The number of carbonyl (C=O) groups excluding carboxylic acids is 2. The van der Waals surface area contributed by atoms with Gasteiger partial charge in [0, 0.05) is 11.8 Å². The van der Waals surface area contributed by atoms with Crippen molar-refractivity contribution in [2.24, 2.45) is 0 Å². The maximum atomic E-state index is 15.3. The first-order chi connectivity index (χ1) is 22.3. The van der Waals surface area contributed by atoms with Gasteiger partial charge in [-0.25, -0.2) is 9.36 Å². The van der Waals surface area contributed by atoms with E-state index in [1.54, 1.807) is 32.0 Å². The van der Waals surface area contributed by atoms with Gasteiger partial charge in [-0.2, -0.15) is 18.9 Å². The predicted octanol–water partition coefficient (Wildman–Crippen LogP) is 3.25. The largest absolute Gasteiger partial charge is 0.462 e. The molecular weight excluding hydrogens is 649 g/mol. The number of anilines is 1. The summed E-state index contributed by atoms with van der Waals surface area (Å²) < 4.78 is 76.4. The van der Waals surface area contributed by atoms with E-state index in [4.69, 9.17) is 28.0 Å². The fourth-order valence-corrected chi connectivity index (χ4v) is 6.00. The van der Waals surface area contributed by atoms with Crippen LogP contribution in [0.3, 0.4) is 0 Å². The Bertz CT molecular complexity index is 1730. The number of ether oxygens (including phenoxy) is 4. The van der Waals surface area contributed by atoms with E-state index in [2.05, 4.69) is 15.4 Å². The van der Waals surface area contributed by atoms with Crippen LogP contribution in [-0.2, 0) is 23.4 Å². The van der Waals surface area contributed by atoms with Crippen LogP contribution in [0.15, 0.2) is 65.6 Å². The Balaban J connectivity index is 1.28. The summed E-state index contributed by atoms with van der Waals surface area (Å²) in [6.07, 6.45) is -6.28. The van der Waals surface area contributed by atoms with E-state index in [1.807, 2.05) is 0 Å². The number of alkyl halides is 2. The number of fused-ring (bicyclic) bond motifs is 1. The van der Waals surface area contributed by atoms with Crippen molar-refractivity contribution in [1.82, 2.24) is 14.6 Å². The van der Waals surface area contributed by atoms with Crippen LogP contribution in [0.5, 0.6) is 17.2 Å². The summed E-state index contributed by atoms with van der Waals surface area (Å²) in [7, 11) is -4.49. The molecular formula is C29H31F2N4O11P. The average molecular weight is 681 g/mol. The lowest BCUT2D eigenvalue weighted by Crippen LogP contribution is -2.42. The molecule has 252 valence electrons. The number of aliphatic hydroxyl groups excluding tert-OH is 1. The zero-order valence-electron chi connectivity index (χ0n) is 25.2. The molecule has 2 unspecified atom stereocenters. The van der Waals surface area contributed by atoms with Crippen LogP contribution >= 0.6 is 7.75 Å². The number of benzene rings is 2. The second-order valence-corrected chi connectivity index (χ2v) is 12.4. The number of nitrogens with one attached hydrogen (secondary N) is 2. The van der Waals surface area contributed by atoms with Crippen LogP contribution in [0.1, 0.15) is 37.4 Å². The summed E-state index contributed by atoms with van der Waals surface area (Å²) >= 11 is 0. The monoisotopic (exact) mass is 680 g/mol. The van der Waals surface area contributed by atoms with Gasteiger partial charge in [0.15, 0.2) is 17.6 Å². The molecule has 1 saturated heterocycles.